The molecule has 0 aliphatic rings. The maximum atomic E-state index is 11.8. The molecule has 0 spiro atoms. The lowest BCUT2D eigenvalue weighted by Crippen LogP contribution is -2.30. The molecule has 1 aromatic rings. The Morgan fingerprint density at radius 2 is 2.00 bits per heavy atom. The van der Waals surface area contributed by atoms with Crippen molar-refractivity contribution in [2.75, 3.05) is 6.61 Å². The van der Waals surface area contributed by atoms with Gasteiger partial charge in [0.1, 0.15) is 0 Å². The van der Waals surface area contributed by atoms with Crippen LogP contribution >= 0.6 is 0 Å². The highest BCUT2D eigenvalue weighted by molar-refractivity contribution is 7.89. The van der Waals surface area contributed by atoms with Crippen molar-refractivity contribution >= 4 is 16.0 Å². The number of hydrogen-bond acceptors (Lipinski definition) is 4. The lowest BCUT2D eigenvalue weighted by atomic mass is 10.1. The van der Waals surface area contributed by atoms with Crippen molar-refractivity contribution in [3.63, 3.8) is 0 Å². The van der Waals surface area contributed by atoms with Gasteiger partial charge >= 0.3 is 12.1 Å². The monoisotopic (exact) mass is 313 g/mol. The van der Waals surface area contributed by atoms with E-state index in [1.165, 1.54) is 23.9 Å². The highest BCUT2D eigenvalue weighted by atomic mass is 32.2. The Morgan fingerprint density at radius 3 is 2.50 bits per heavy atom. The van der Waals surface area contributed by atoms with Crippen molar-refractivity contribution < 1.29 is 36.3 Å². The maximum absolute atomic E-state index is 11.8. The predicted molar refractivity (Wildman–Crippen MR) is 60.5 cm³/mol. The molecule has 10 heteroatoms. The van der Waals surface area contributed by atoms with E-state index in [0.29, 0.717) is 0 Å². The van der Waals surface area contributed by atoms with E-state index in [1.807, 2.05) is 0 Å². The summed E-state index contributed by atoms with van der Waals surface area (Å²) < 4.78 is 59.0. The number of halogens is 3. The Kier molecular flexibility index (Phi) is 4.73. The molecule has 20 heavy (non-hydrogen) atoms. The number of aromatic carboxylic acids is 1. The number of nitrogens with one attached hydrogen (secondary N) is 1. The Balaban J connectivity index is 2.97. The molecule has 0 aromatic heterocycles. The number of benzene rings is 1. The molecular weight excluding hydrogens is 303 g/mol. The fourth-order valence-electron chi connectivity index (χ4n) is 1.26. The molecule has 0 saturated carbocycles. The lowest BCUT2D eigenvalue weighted by molar-refractivity contribution is -0.181. The zero-order chi connectivity index (χ0) is 15.6. The molecule has 0 aliphatic carbocycles. The van der Waals surface area contributed by atoms with Gasteiger partial charge in [-0.3, -0.25) is 4.84 Å². The van der Waals surface area contributed by atoms with Crippen LogP contribution in [0.1, 0.15) is 15.9 Å². The van der Waals surface area contributed by atoms with Gasteiger partial charge in [0.25, 0.3) is 10.0 Å². The molecule has 0 atom stereocenters. The van der Waals surface area contributed by atoms with Gasteiger partial charge in [-0.2, -0.15) is 13.2 Å². The summed E-state index contributed by atoms with van der Waals surface area (Å²) in [5.74, 6) is -1.36. The third kappa shape index (κ3) is 4.47. The fraction of sp³-hybridized carbons (Fsp3) is 0.300. The van der Waals surface area contributed by atoms with Gasteiger partial charge in [0.05, 0.1) is 10.5 Å². The summed E-state index contributed by atoms with van der Waals surface area (Å²) in [6.07, 6.45) is -4.69. The zero-order valence-corrected chi connectivity index (χ0v) is 10.9. The number of rotatable bonds is 5. The summed E-state index contributed by atoms with van der Waals surface area (Å²) in [4.78, 5) is 15.4. The average molecular weight is 313 g/mol. The number of alkyl halides is 3. The summed E-state index contributed by atoms with van der Waals surface area (Å²) in [5.41, 5.74) is -0.148. The van der Waals surface area contributed by atoms with Crippen LogP contribution in [0.5, 0.6) is 0 Å². The van der Waals surface area contributed by atoms with Crippen molar-refractivity contribution in [3.05, 3.63) is 29.3 Å². The number of carboxylic acid groups (broad SMARTS) is 1. The average Bonchev–Trinajstić information content (AvgIpc) is 2.26. The van der Waals surface area contributed by atoms with Crippen LogP contribution in [0, 0.1) is 6.92 Å². The van der Waals surface area contributed by atoms with Crippen LogP contribution in [0.15, 0.2) is 23.1 Å². The largest absolute Gasteiger partial charge is 0.478 e. The van der Waals surface area contributed by atoms with Crippen molar-refractivity contribution in [1.29, 1.82) is 0 Å². The van der Waals surface area contributed by atoms with Crippen LogP contribution < -0.4 is 4.89 Å². The molecule has 112 valence electrons. The van der Waals surface area contributed by atoms with E-state index in [1.54, 1.807) is 0 Å². The smallest absolute Gasteiger partial charge is 0.413 e. The van der Waals surface area contributed by atoms with Gasteiger partial charge in [-0.05, 0) is 24.6 Å². The molecule has 2 N–H and O–H groups in total. The van der Waals surface area contributed by atoms with E-state index < -0.39 is 33.7 Å². The summed E-state index contributed by atoms with van der Waals surface area (Å²) in [6.45, 7) is -0.437. The Labute approximate surface area is 112 Å². The predicted octanol–water partition coefficient (Wildman–Crippen LogP) is 1.47. The van der Waals surface area contributed by atoms with Crippen LogP contribution in [-0.4, -0.2) is 32.3 Å². The lowest BCUT2D eigenvalue weighted by Gasteiger charge is -2.11. The molecule has 0 amide bonds. The number of sulfonamides is 1. The second-order valence-electron chi connectivity index (χ2n) is 3.78. The molecule has 0 unspecified atom stereocenters. The van der Waals surface area contributed by atoms with Gasteiger partial charge in [0.15, 0.2) is 6.61 Å². The van der Waals surface area contributed by atoms with E-state index in [-0.39, 0.29) is 11.1 Å². The van der Waals surface area contributed by atoms with E-state index >= 15 is 0 Å². The zero-order valence-electron chi connectivity index (χ0n) is 10.1. The first-order valence-electron chi connectivity index (χ1n) is 5.07. The van der Waals surface area contributed by atoms with Crippen LogP contribution in [-0.2, 0) is 14.9 Å². The minimum atomic E-state index is -4.69. The molecular formula is C10H10F3NO5S. The topological polar surface area (TPSA) is 92.7 Å². The van der Waals surface area contributed by atoms with Gasteiger partial charge in [-0.25, -0.2) is 13.2 Å². The first kappa shape index (κ1) is 16.4. The normalized spacial score (nSPS) is 12.4. The molecule has 0 bridgehead atoms. The third-order valence-corrected chi connectivity index (χ3v) is 3.49. The van der Waals surface area contributed by atoms with E-state index in [9.17, 15) is 26.4 Å². The van der Waals surface area contributed by atoms with Crippen molar-refractivity contribution in [2.24, 2.45) is 0 Å². The van der Waals surface area contributed by atoms with Gasteiger partial charge in [0.2, 0.25) is 0 Å². The van der Waals surface area contributed by atoms with Crippen LogP contribution in [0.25, 0.3) is 0 Å². The first-order chi connectivity index (χ1) is 9.03. The minimum Gasteiger partial charge on any atom is -0.478 e. The second kappa shape index (κ2) is 5.77. The second-order valence-corrected chi connectivity index (χ2v) is 5.39. The fourth-order valence-corrected chi connectivity index (χ4v) is 2.33. The van der Waals surface area contributed by atoms with E-state index in [2.05, 4.69) is 4.84 Å². The SMILES string of the molecule is Cc1ccc(C(=O)O)cc1S(=O)(=O)NOCC(F)(F)F. The van der Waals surface area contributed by atoms with Gasteiger partial charge < -0.3 is 5.11 Å². The number of carboxylic acids is 1. The van der Waals surface area contributed by atoms with Crippen molar-refractivity contribution in [3.8, 4) is 0 Å². The summed E-state index contributed by atoms with van der Waals surface area (Å²) in [6, 6.07) is 3.23. The standard InChI is InChI=1S/C10H10F3NO5S/c1-6-2-3-7(9(15)16)4-8(6)20(17,18)14-19-5-10(11,12)13/h2-4,14H,5H2,1H3,(H,15,16). The number of aryl methyl sites for hydroxylation is 1. The Morgan fingerprint density at radius 1 is 1.40 bits per heavy atom. The van der Waals surface area contributed by atoms with Gasteiger partial charge in [-0.15, -0.1) is 0 Å². The van der Waals surface area contributed by atoms with Gasteiger partial charge in [0, 0.05) is 0 Å². The Hall–Kier alpha value is -1.65. The molecule has 0 saturated heterocycles. The van der Waals surface area contributed by atoms with Crippen molar-refractivity contribution in [1.82, 2.24) is 4.89 Å². The Bertz CT molecular complexity index is 612. The summed E-state index contributed by atoms with van der Waals surface area (Å²) in [7, 11) is -4.40. The van der Waals surface area contributed by atoms with Gasteiger partial charge in [-0.1, -0.05) is 11.0 Å². The molecule has 0 heterocycles. The molecule has 1 rings (SSSR count). The van der Waals surface area contributed by atoms with Crippen LogP contribution in [0.4, 0.5) is 13.2 Å². The molecule has 0 fully saturated rings. The number of carbonyl (C=O) groups is 1. The minimum absolute atomic E-state index is 0.165. The third-order valence-electron chi connectivity index (χ3n) is 2.13. The highest BCUT2D eigenvalue weighted by Crippen LogP contribution is 2.18. The summed E-state index contributed by atoms with van der Waals surface area (Å²) in [5, 5.41) is 8.75. The molecule has 0 aliphatic heterocycles. The van der Waals surface area contributed by atoms with Crippen LogP contribution in [0.2, 0.25) is 0 Å². The highest BCUT2D eigenvalue weighted by Gasteiger charge is 2.29. The molecule has 1 aromatic carbocycles. The van der Waals surface area contributed by atoms with Crippen molar-refractivity contribution in [2.45, 2.75) is 18.0 Å². The quantitative estimate of drug-likeness (QED) is 0.803. The first-order valence-corrected chi connectivity index (χ1v) is 6.55. The maximum Gasteiger partial charge on any atom is 0.413 e. The molecule has 6 nitrogen and oxygen atoms in total. The van der Waals surface area contributed by atoms with E-state index in [0.717, 1.165) is 6.07 Å². The molecule has 0 radical (unpaired) electrons. The summed E-state index contributed by atoms with van der Waals surface area (Å²) >= 11 is 0. The number of hydrogen-bond donors (Lipinski definition) is 2. The van der Waals surface area contributed by atoms with Crippen LogP contribution in [0.3, 0.4) is 0 Å². The van der Waals surface area contributed by atoms with E-state index in [4.69, 9.17) is 5.11 Å².